The van der Waals surface area contributed by atoms with Crippen LogP contribution in [-0.2, 0) is 6.42 Å². The standard InChI is InChI=1S/C21H18FI/c1-2-3-15-4-6-16(7-5-15)17-8-10-18(11-9-17)19-12-13-21(23)20(22)14-19/h4-14H,2-3H2,1H3. The Kier molecular flexibility index (Phi) is 5.11. The number of hydrogen-bond donors (Lipinski definition) is 0. The predicted octanol–water partition coefficient (Wildman–Crippen LogP) is 6.72. The fourth-order valence-corrected chi connectivity index (χ4v) is 3.02. The van der Waals surface area contributed by atoms with E-state index in [-0.39, 0.29) is 5.82 Å². The first kappa shape index (κ1) is 16.2. The summed E-state index contributed by atoms with van der Waals surface area (Å²) in [6.07, 6.45) is 2.29. The van der Waals surface area contributed by atoms with Gasteiger partial charge < -0.3 is 0 Å². The van der Waals surface area contributed by atoms with Crippen LogP contribution in [0.25, 0.3) is 22.3 Å². The maximum absolute atomic E-state index is 13.7. The molecule has 0 radical (unpaired) electrons. The molecule has 0 atom stereocenters. The zero-order valence-corrected chi connectivity index (χ0v) is 15.2. The van der Waals surface area contributed by atoms with E-state index in [0.717, 1.165) is 17.5 Å². The molecule has 3 aromatic rings. The molecule has 0 saturated carbocycles. The topological polar surface area (TPSA) is 0 Å². The maximum Gasteiger partial charge on any atom is 0.137 e. The van der Waals surface area contributed by atoms with Crippen LogP contribution < -0.4 is 0 Å². The molecule has 0 saturated heterocycles. The monoisotopic (exact) mass is 416 g/mol. The van der Waals surface area contributed by atoms with E-state index in [2.05, 4.69) is 55.5 Å². The Hall–Kier alpha value is -1.68. The molecule has 0 bridgehead atoms. The van der Waals surface area contributed by atoms with Crippen LogP contribution in [0.4, 0.5) is 4.39 Å². The normalized spacial score (nSPS) is 10.7. The van der Waals surface area contributed by atoms with E-state index in [1.807, 2.05) is 34.7 Å². The Morgan fingerprint density at radius 1 is 0.739 bits per heavy atom. The lowest BCUT2D eigenvalue weighted by Gasteiger charge is -2.07. The second-order valence-corrected chi connectivity index (χ2v) is 6.82. The molecule has 23 heavy (non-hydrogen) atoms. The number of halogens is 2. The second-order valence-electron chi connectivity index (χ2n) is 5.65. The van der Waals surface area contributed by atoms with Crippen LogP contribution in [0.2, 0.25) is 0 Å². The van der Waals surface area contributed by atoms with Gasteiger partial charge in [0, 0.05) is 3.57 Å². The summed E-state index contributed by atoms with van der Waals surface area (Å²) in [4.78, 5) is 0. The summed E-state index contributed by atoms with van der Waals surface area (Å²) in [6.45, 7) is 2.19. The van der Waals surface area contributed by atoms with E-state index in [1.165, 1.54) is 23.1 Å². The van der Waals surface area contributed by atoms with Gasteiger partial charge in [0.2, 0.25) is 0 Å². The third-order valence-corrected chi connectivity index (χ3v) is 4.84. The lowest BCUT2D eigenvalue weighted by molar-refractivity contribution is 0.621. The van der Waals surface area contributed by atoms with Gasteiger partial charge in [-0.05, 0) is 69.0 Å². The summed E-state index contributed by atoms with van der Waals surface area (Å²) in [6, 6.07) is 22.4. The number of rotatable bonds is 4. The molecule has 2 heteroatoms. The molecule has 0 N–H and O–H groups in total. The molecule has 0 aliphatic heterocycles. The van der Waals surface area contributed by atoms with Crippen molar-refractivity contribution >= 4 is 22.6 Å². The average Bonchev–Trinajstić information content (AvgIpc) is 2.59. The van der Waals surface area contributed by atoms with Gasteiger partial charge in [-0.3, -0.25) is 0 Å². The van der Waals surface area contributed by atoms with Crippen LogP contribution in [0, 0.1) is 9.39 Å². The molecule has 0 aromatic heterocycles. The van der Waals surface area contributed by atoms with Crippen molar-refractivity contribution in [2.75, 3.05) is 0 Å². The molecule has 0 amide bonds. The van der Waals surface area contributed by atoms with Crippen molar-refractivity contribution in [1.82, 2.24) is 0 Å². The van der Waals surface area contributed by atoms with Crippen molar-refractivity contribution in [2.24, 2.45) is 0 Å². The first-order chi connectivity index (χ1) is 11.2. The minimum Gasteiger partial charge on any atom is -0.206 e. The first-order valence-electron chi connectivity index (χ1n) is 7.82. The molecule has 3 aromatic carbocycles. The molecule has 0 fully saturated rings. The third kappa shape index (κ3) is 3.81. The van der Waals surface area contributed by atoms with Crippen LogP contribution in [-0.4, -0.2) is 0 Å². The van der Waals surface area contributed by atoms with Crippen LogP contribution in [0.5, 0.6) is 0 Å². The van der Waals surface area contributed by atoms with Gasteiger partial charge in [0.05, 0.1) is 0 Å². The average molecular weight is 416 g/mol. The molecule has 0 nitrogen and oxygen atoms in total. The second kappa shape index (κ2) is 7.26. The van der Waals surface area contributed by atoms with Crippen molar-refractivity contribution in [3.8, 4) is 22.3 Å². The van der Waals surface area contributed by atoms with Gasteiger partial charge in [-0.1, -0.05) is 67.9 Å². The number of aryl methyl sites for hydroxylation is 1. The van der Waals surface area contributed by atoms with Crippen molar-refractivity contribution in [3.05, 3.63) is 81.7 Å². The summed E-state index contributed by atoms with van der Waals surface area (Å²) < 4.78 is 14.4. The minimum absolute atomic E-state index is 0.168. The Morgan fingerprint density at radius 2 is 1.22 bits per heavy atom. The fraction of sp³-hybridized carbons (Fsp3) is 0.143. The zero-order chi connectivity index (χ0) is 16.2. The quantitative estimate of drug-likeness (QED) is 0.415. The van der Waals surface area contributed by atoms with Gasteiger partial charge in [0.25, 0.3) is 0 Å². The summed E-state index contributed by atoms with van der Waals surface area (Å²) in [7, 11) is 0. The molecule has 0 heterocycles. The number of benzene rings is 3. The van der Waals surface area contributed by atoms with Crippen molar-refractivity contribution in [1.29, 1.82) is 0 Å². The van der Waals surface area contributed by atoms with Crippen LogP contribution in [0.3, 0.4) is 0 Å². The molecular weight excluding hydrogens is 398 g/mol. The highest BCUT2D eigenvalue weighted by molar-refractivity contribution is 14.1. The van der Waals surface area contributed by atoms with Crippen LogP contribution in [0.15, 0.2) is 66.7 Å². The number of hydrogen-bond acceptors (Lipinski definition) is 0. The van der Waals surface area contributed by atoms with Crippen molar-refractivity contribution < 1.29 is 4.39 Å². The molecule has 0 spiro atoms. The molecular formula is C21H18FI. The summed E-state index contributed by atoms with van der Waals surface area (Å²) in [5, 5.41) is 0. The minimum atomic E-state index is -0.168. The Morgan fingerprint density at radius 3 is 1.74 bits per heavy atom. The van der Waals surface area contributed by atoms with Crippen molar-refractivity contribution in [2.45, 2.75) is 19.8 Å². The highest BCUT2D eigenvalue weighted by atomic mass is 127. The van der Waals surface area contributed by atoms with Gasteiger partial charge >= 0.3 is 0 Å². The molecule has 116 valence electrons. The van der Waals surface area contributed by atoms with E-state index in [0.29, 0.717) is 3.57 Å². The van der Waals surface area contributed by atoms with Gasteiger partial charge in [-0.25, -0.2) is 4.39 Å². The summed E-state index contributed by atoms with van der Waals surface area (Å²) >= 11 is 2.01. The SMILES string of the molecule is CCCc1ccc(-c2ccc(-c3ccc(I)c(F)c3)cc2)cc1. The molecule has 0 aliphatic carbocycles. The van der Waals surface area contributed by atoms with E-state index in [9.17, 15) is 4.39 Å². The van der Waals surface area contributed by atoms with Crippen LogP contribution in [0.1, 0.15) is 18.9 Å². The van der Waals surface area contributed by atoms with E-state index in [4.69, 9.17) is 0 Å². The van der Waals surface area contributed by atoms with E-state index in [1.54, 1.807) is 6.07 Å². The van der Waals surface area contributed by atoms with Gasteiger partial charge in [-0.2, -0.15) is 0 Å². The zero-order valence-electron chi connectivity index (χ0n) is 13.0. The molecule has 0 unspecified atom stereocenters. The third-order valence-electron chi connectivity index (χ3n) is 3.96. The molecule has 0 aliphatic rings. The summed E-state index contributed by atoms with van der Waals surface area (Å²) in [5.41, 5.74) is 5.72. The van der Waals surface area contributed by atoms with E-state index < -0.39 is 0 Å². The van der Waals surface area contributed by atoms with Gasteiger partial charge in [-0.15, -0.1) is 0 Å². The largest absolute Gasteiger partial charge is 0.206 e. The fourth-order valence-electron chi connectivity index (χ4n) is 2.68. The van der Waals surface area contributed by atoms with Crippen molar-refractivity contribution in [3.63, 3.8) is 0 Å². The highest BCUT2D eigenvalue weighted by Crippen LogP contribution is 2.26. The van der Waals surface area contributed by atoms with Gasteiger partial charge in [0.1, 0.15) is 5.82 Å². The maximum atomic E-state index is 13.7. The first-order valence-corrected chi connectivity index (χ1v) is 8.90. The lowest BCUT2D eigenvalue weighted by Crippen LogP contribution is -1.86. The Labute approximate surface area is 150 Å². The Balaban J connectivity index is 1.85. The smallest absolute Gasteiger partial charge is 0.137 e. The lowest BCUT2D eigenvalue weighted by atomic mass is 9.99. The van der Waals surface area contributed by atoms with Crippen LogP contribution >= 0.6 is 22.6 Å². The van der Waals surface area contributed by atoms with E-state index >= 15 is 0 Å². The molecule has 3 rings (SSSR count). The Bertz CT molecular complexity index is 789. The highest BCUT2D eigenvalue weighted by Gasteiger charge is 2.04. The summed E-state index contributed by atoms with van der Waals surface area (Å²) in [5.74, 6) is -0.168. The predicted molar refractivity (Wildman–Crippen MR) is 104 cm³/mol. The van der Waals surface area contributed by atoms with Gasteiger partial charge in [0.15, 0.2) is 0 Å².